The maximum atomic E-state index is 10.5. The molecule has 0 aromatic heterocycles. The average Bonchev–Trinajstić information content (AvgIpc) is 2.06. The van der Waals surface area contributed by atoms with Crippen LogP contribution < -0.4 is 11.5 Å². The molecule has 1 amide bonds. The van der Waals surface area contributed by atoms with Crippen LogP contribution in [0.2, 0.25) is 0 Å². The maximum absolute atomic E-state index is 10.5. The Balaban J connectivity index is 2.21. The Bertz CT molecular complexity index is 187. The molecule has 4 N–H and O–H groups in total. The lowest BCUT2D eigenvalue weighted by Gasteiger charge is -2.28. The quantitative estimate of drug-likeness (QED) is 0.722. The van der Waals surface area contributed by atoms with Crippen molar-refractivity contribution < 1.29 is 9.53 Å². The van der Waals surface area contributed by atoms with Gasteiger partial charge in [0.25, 0.3) is 0 Å². The first kappa shape index (κ1) is 11.3. The molecule has 0 bridgehead atoms. The molecular formula is C10H20N2O2. The van der Waals surface area contributed by atoms with E-state index in [0.29, 0.717) is 5.92 Å². The summed E-state index contributed by atoms with van der Waals surface area (Å²) >= 11 is 0. The first-order chi connectivity index (χ1) is 6.58. The van der Waals surface area contributed by atoms with E-state index in [2.05, 4.69) is 0 Å². The van der Waals surface area contributed by atoms with Gasteiger partial charge in [-0.15, -0.1) is 0 Å². The minimum atomic E-state index is -0.652. The molecule has 0 aromatic rings. The Kier molecular flexibility index (Phi) is 4.20. The smallest absolute Gasteiger partial charge is 0.404 e. The van der Waals surface area contributed by atoms with Gasteiger partial charge in [0.15, 0.2) is 0 Å². The van der Waals surface area contributed by atoms with Crippen LogP contribution in [-0.4, -0.2) is 18.2 Å². The lowest BCUT2D eigenvalue weighted by Crippen LogP contribution is -2.29. The summed E-state index contributed by atoms with van der Waals surface area (Å²) in [5.74, 6) is 0.697. The number of nitrogens with two attached hydrogens (primary N) is 2. The molecule has 1 rings (SSSR count). The number of hydrogen-bond donors (Lipinski definition) is 2. The van der Waals surface area contributed by atoms with Gasteiger partial charge in [-0.3, -0.25) is 0 Å². The van der Waals surface area contributed by atoms with Crippen molar-refractivity contribution in [3.8, 4) is 0 Å². The normalized spacial score (nSPS) is 29.6. The molecule has 1 saturated carbocycles. The summed E-state index contributed by atoms with van der Waals surface area (Å²) in [6.07, 6.45) is 4.51. The number of carbonyl (C=O) groups is 1. The van der Waals surface area contributed by atoms with Crippen LogP contribution in [0.15, 0.2) is 0 Å². The minimum absolute atomic E-state index is 0.0387. The molecule has 4 nitrogen and oxygen atoms in total. The van der Waals surface area contributed by atoms with Crippen LogP contribution >= 0.6 is 0 Å². The third-order valence-electron chi connectivity index (χ3n) is 2.78. The van der Waals surface area contributed by atoms with E-state index in [4.69, 9.17) is 16.2 Å². The Morgan fingerprint density at radius 3 is 2.43 bits per heavy atom. The molecule has 0 aromatic carbocycles. The molecule has 0 radical (unpaired) electrons. The SMILES string of the molecule is C[C@H](N)CC1CCC(OC(N)=O)CC1. The van der Waals surface area contributed by atoms with E-state index in [0.717, 1.165) is 32.1 Å². The highest BCUT2D eigenvalue weighted by molar-refractivity contribution is 5.64. The second-order valence-electron chi connectivity index (χ2n) is 4.29. The Labute approximate surface area is 85.0 Å². The highest BCUT2D eigenvalue weighted by Crippen LogP contribution is 2.28. The summed E-state index contributed by atoms with van der Waals surface area (Å²) in [7, 11) is 0. The molecule has 1 aliphatic rings. The molecule has 1 atom stereocenters. The highest BCUT2D eigenvalue weighted by Gasteiger charge is 2.23. The zero-order chi connectivity index (χ0) is 10.6. The third-order valence-corrected chi connectivity index (χ3v) is 2.78. The standard InChI is InChI=1S/C10H20N2O2/c1-7(11)6-8-2-4-9(5-3-8)14-10(12)13/h7-9H,2-6,11H2,1H3,(H2,12,13)/t7-,8?,9?/m0/s1. The summed E-state index contributed by atoms with van der Waals surface area (Å²) in [6, 6.07) is 0.272. The summed E-state index contributed by atoms with van der Waals surface area (Å²) < 4.78 is 4.95. The van der Waals surface area contributed by atoms with Crippen molar-refractivity contribution >= 4 is 6.09 Å². The van der Waals surface area contributed by atoms with Gasteiger partial charge in [0.2, 0.25) is 0 Å². The van der Waals surface area contributed by atoms with Crippen molar-refractivity contribution in [1.82, 2.24) is 0 Å². The lowest BCUT2D eigenvalue weighted by molar-refractivity contribution is 0.0691. The monoisotopic (exact) mass is 200 g/mol. The first-order valence-corrected chi connectivity index (χ1v) is 5.29. The number of rotatable bonds is 3. The van der Waals surface area contributed by atoms with Crippen molar-refractivity contribution in [2.75, 3.05) is 0 Å². The van der Waals surface area contributed by atoms with Gasteiger partial charge < -0.3 is 16.2 Å². The van der Waals surface area contributed by atoms with Crippen molar-refractivity contribution in [2.24, 2.45) is 17.4 Å². The fourth-order valence-corrected chi connectivity index (χ4v) is 2.18. The zero-order valence-electron chi connectivity index (χ0n) is 8.74. The molecule has 1 aliphatic carbocycles. The maximum Gasteiger partial charge on any atom is 0.404 e. The van der Waals surface area contributed by atoms with Crippen molar-refractivity contribution in [3.05, 3.63) is 0 Å². The van der Waals surface area contributed by atoms with Gasteiger partial charge >= 0.3 is 6.09 Å². The molecule has 14 heavy (non-hydrogen) atoms. The number of hydrogen-bond acceptors (Lipinski definition) is 3. The largest absolute Gasteiger partial charge is 0.446 e. The van der Waals surface area contributed by atoms with Gasteiger partial charge in [-0.05, 0) is 44.9 Å². The Morgan fingerprint density at radius 1 is 1.43 bits per heavy atom. The van der Waals surface area contributed by atoms with E-state index in [1.54, 1.807) is 0 Å². The van der Waals surface area contributed by atoms with E-state index < -0.39 is 6.09 Å². The Morgan fingerprint density at radius 2 is 2.00 bits per heavy atom. The minimum Gasteiger partial charge on any atom is -0.446 e. The number of amides is 1. The molecule has 1 fully saturated rings. The summed E-state index contributed by atoms with van der Waals surface area (Å²) in [4.78, 5) is 10.5. The van der Waals surface area contributed by atoms with Gasteiger partial charge in [-0.25, -0.2) is 4.79 Å². The van der Waals surface area contributed by atoms with Gasteiger partial charge in [-0.2, -0.15) is 0 Å². The van der Waals surface area contributed by atoms with Crippen molar-refractivity contribution in [3.63, 3.8) is 0 Å². The fraction of sp³-hybridized carbons (Fsp3) is 0.900. The van der Waals surface area contributed by atoms with E-state index in [9.17, 15) is 4.79 Å². The van der Waals surface area contributed by atoms with Crippen LogP contribution in [0, 0.1) is 5.92 Å². The first-order valence-electron chi connectivity index (χ1n) is 5.29. The Hall–Kier alpha value is -0.770. The zero-order valence-corrected chi connectivity index (χ0v) is 8.74. The molecular weight excluding hydrogens is 180 g/mol. The topological polar surface area (TPSA) is 78.3 Å². The summed E-state index contributed by atoms with van der Waals surface area (Å²) in [5, 5.41) is 0. The van der Waals surface area contributed by atoms with Gasteiger partial charge in [0.1, 0.15) is 6.10 Å². The predicted octanol–water partition coefficient (Wildman–Crippen LogP) is 1.38. The van der Waals surface area contributed by atoms with Gasteiger partial charge in [0, 0.05) is 6.04 Å². The van der Waals surface area contributed by atoms with Crippen LogP contribution in [0.5, 0.6) is 0 Å². The molecule has 0 spiro atoms. The van der Waals surface area contributed by atoms with E-state index in [1.165, 1.54) is 0 Å². The average molecular weight is 200 g/mol. The number of ether oxygens (including phenoxy) is 1. The van der Waals surface area contributed by atoms with Gasteiger partial charge in [-0.1, -0.05) is 0 Å². The van der Waals surface area contributed by atoms with Crippen molar-refractivity contribution in [2.45, 2.75) is 51.2 Å². The number of carbonyl (C=O) groups excluding carboxylic acids is 1. The second kappa shape index (κ2) is 5.20. The summed E-state index contributed by atoms with van der Waals surface area (Å²) in [6.45, 7) is 2.03. The van der Waals surface area contributed by atoms with Gasteiger partial charge in [0.05, 0.1) is 0 Å². The van der Waals surface area contributed by atoms with Crippen LogP contribution in [0.4, 0.5) is 4.79 Å². The van der Waals surface area contributed by atoms with Crippen LogP contribution in [0.3, 0.4) is 0 Å². The third kappa shape index (κ3) is 3.96. The van der Waals surface area contributed by atoms with E-state index in [-0.39, 0.29) is 12.1 Å². The molecule has 0 aliphatic heterocycles. The van der Waals surface area contributed by atoms with E-state index >= 15 is 0 Å². The molecule has 0 unspecified atom stereocenters. The van der Waals surface area contributed by atoms with Crippen LogP contribution in [-0.2, 0) is 4.74 Å². The van der Waals surface area contributed by atoms with Crippen molar-refractivity contribution in [1.29, 1.82) is 0 Å². The fourth-order valence-electron chi connectivity index (χ4n) is 2.18. The molecule has 4 heteroatoms. The highest BCUT2D eigenvalue weighted by atomic mass is 16.6. The number of primary amides is 1. The second-order valence-corrected chi connectivity index (χ2v) is 4.29. The summed E-state index contributed by atoms with van der Waals surface area (Å²) in [5.41, 5.74) is 10.7. The van der Waals surface area contributed by atoms with E-state index in [1.807, 2.05) is 6.92 Å². The lowest BCUT2D eigenvalue weighted by atomic mass is 9.84. The molecule has 82 valence electrons. The van der Waals surface area contributed by atoms with Crippen LogP contribution in [0.1, 0.15) is 39.0 Å². The molecule has 0 saturated heterocycles. The van der Waals surface area contributed by atoms with Crippen LogP contribution in [0.25, 0.3) is 0 Å². The molecule has 0 heterocycles. The predicted molar refractivity (Wildman–Crippen MR) is 54.7 cm³/mol.